The predicted molar refractivity (Wildman–Crippen MR) is 72.6 cm³/mol. The summed E-state index contributed by atoms with van der Waals surface area (Å²) in [5.41, 5.74) is 6.33. The Kier molecular flexibility index (Phi) is 7.91. The highest BCUT2D eigenvalue weighted by Gasteiger charge is 2.04. The zero-order chi connectivity index (χ0) is 13.2. The Balaban J connectivity index is 2.24. The van der Waals surface area contributed by atoms with E-state index in [0.29, 0.717) is 38.7 Å². The van der Waals surface area contributed by atoms with Crippen LogP contribution in [0, 0.1) is 0 Å². The minimum atomic E-state index is 0.358. The number of methoxy groups -OCH3 is 1. The van der Waals surface area contributed by atoms with Gasteiger partial charge in [0.25, 0.3) is 0 Å². The first-order valence-corrected chi connectivity index (χ1v) is 6.61. The Morgan fingerprint density at radius 2 is 2.11 bits per heavy atom. The second-order valence-electron chi connectivity index (χ2n) is 3.61. The second-order valence-corrected chi connectivity index (χ2v) is 4.53. The predicted octanol–water partition coefficient (Wildman–Crippen LogP) is 1.73. The first kappa shape index (κ1) is 15.4. The summed E-state index contributed by atoms with van der Waals surface area (Å²) < 4.78 is 16.8. The fourth-order valence-corrected chi connectivity index (χ4v) is 1.66. The summed E-state index contributed by atoms with van der Waals surface area (Å²) in [4.78, 5) is 4.18. The molecule has 0 spiro atoms. The summed E-state index contributed by atoms with van der Waals surface area (Å²) in [7, 11) is 1.68. The van der Waals surface area contributed by atoms with Crippen LogP contribution in [0.3, 0.4) is 0 Å². The fourth-order valence-electron chi connectivity index (χ4n) is 1.35. The number of nitrogens with two attached hydrogens (primary N) is 1. The maximum absolute atomic E-state index is 5.59. The Bertz CT molecular complexity index is 350. The maximum atomic E-state index is 5.59. The van der Waals surface area contributed by atoms with Gasteiger partial charge in [0.05, 0.1) is 12.3 Å². The highest BCUT2D eigenvalue weighted by atomic mass is 79.9. The Labute approximate surface area is 116 Å². The molecule has 1 aromatic rings. The summed E-state index contributed by atoms with van der Waals surface area (Å²) in [6, 6.07) is 1.86. The van der Waals surface area contributed by atoms with Crippen LogP contribution in [-0.4, -0.2) is 38.5 Å². The molecule has 0 saturated heterocycles. The molecule has 0 amide bonds. The van der Waals surface area contributed by atoms with E-state index < -0.39 is 0 Å². The molecule has 0 atom stereocenters. The minimum absolute atomic E-state index is 0.358. The van der Waals surface area contributed by atoms with Crippen molar-refractivity contribution in [3.63, 3.8) is 0 Å². The highest BCUT2D eigenvalue weighted by molar-refractivity contribution is 9.10. The van der Waals surface area contributed by atoms with Crippen molar-refractivity contribution in [1.29, 1.82) is 0 Å². The molecule has 1 aromatic heterocycles. The monoisotopic (exact) mass is 318 g/mol. The number of ether oxygens (including phenoxy) is 3. The summed E-state index contributed by atoms with van der Waals surface area (Å²) >= 11 is 3.35. The van der Waals surface area contributed by atoms with E-state index in [1.807, 2.05) is 6.07 Å². The Morgan fingerprint density at radius 3 is 2.83 bits per heavy atom. The van der Waals surface area contributed by atoms with Crippen LogP contribution in [0.15, 0.2) is 16.7 Å². The van der Waals surface area contributed by atoms with Crippen molar-refractivity contribution >= 4 is 15.9 Å². The Hall–Kier alpha value is -0.690. The van der Waals surface area contributed by atoms with Gasteiger partial charge in [0, 0.05) is 37.5 Å². The van der Waals surface area contributed by atoms with Crippen molar-refractivity contribution in [2.75, 3.05) is 33.5 Å². The lowest BCUT2D eigenvalue weighted by Gasteiger charge is -2.10. The lowest BCUT2D eigenvalue weighted by molar-refractivity contribution is 0.0803. The van der Waals surface area contributed by atoms with Crippen LogP contribution in [0.5, 0.6) is 5.75 Å². The lowest BCUT2D eigenvalue weighted by Crippen LogP contribution is -2.11. The van der Waals surface area contributed by atoms with Gasteiger partial charge in [-0.05, 0) is 28.4 Å². The topological polar surface area (TPSA) is 66.6 Å². The summed E-state index contributed by atoms with van der Waals surface area (Å²) in [5, 5.41) is 0. The first-order valence-electron chi connectivity index (χ1n) is 5.82. The van der Waals surface area contributed by atoms with Crippen LogP contribution in [0.4, 0.5) is 0 Å². The van der Waals surface area contributed by atoms with Crippen LogP contribution in [0.25, 0.3) is 0 Å². The van der Waals surface area contributed by atoms with Gasteiger partial charge in [-0.15, -0.1) is 0 Å². The van der Waals surface area contributed by atoms with E-state index in [0.717, 1.165) is 16.6 Å². The molecular formula is C12H19BrN2O3. The summed E-state index contributed by atoms with van der Waals surface area (Å²) in [6.07, 6.45) is 2.60. The van der Waals surface area contributed by atoms with Crippen molar-refractivity contribution in [1.82, 2.24) is 4.98 Å². The number of rotatable bonds is 9. The molecule has 6 heteroatoms. The van der Waals surface area contributed by atoms with Gasteiger partial charge in [0.15, 0.2) is 0 Å². The van der Waals surface area contributed by atoms with E-state index in [9.17, 15) is 0 Å². The normalized spacial score (nSPS) is 10.6. The summed E-state index contributed by atoms with van der Waals surface area (Å²) in [6.45, 7) is 2.78. The lowest BCUT2D eigenvalue weighted by atomic mass is 10.3. The largest absolute Gasteiger partial charge is 0.489 e. The van der Waals surface area contributed by atoms with Crippen LogP contribution in [0.1, 0.15) is 12.1 Å². The molecule has 0 saturated carbocycles. The van der Waals surface area contributed by atoms with Crippen LogP contribution < -0.4 is 10.5 Å². The SMILES string of the molecule is COCCCOCCOc1cc(Br)cnc1CN. The molecule has 0 radical (unpaired) electrons. The molecular weight excluding hydrogens is 300 g/mol. The quantitative estimate of drug-likeness (QED) is 0.702. The number of aromatic nitrogens is 1. The average molecular weight is 319 g/mol. The molecule has 5 nitrogen and oxygen atoms in total. The van der Waals surface area contributed by atoms with E-state index in [-0.39, 0.29) is 0 Å². The molecule has 1 rings (SSSR count). The van der Waals surface area contributed by atoms with Crippen LogP contribution >= 0.6 is 15.9 Å². The molecule has 0 aromatic carbocycles. The molecule has 0 aliphatic rings. The van der Waals surface area contributed by atoms with Gasteiger partial charge in [-0.1, -0.05) is 0 Å². The van der Waals surface area contributed by atoms with Gasteiger partial charge in [-0.2, -0.15) is 0 Å². The van der Waals surface area contributed by atoms with Gasteiger partial charge in [0.2, 0.25) is 0 Å². The molecule has 0 bridgehead atoms. The standard InChI is InChI=1S/C12H19BrN2O3/c1-16-3-2-4-17-5-6-18-12-7-10(13)9-15-11(12)8-14/h7,9H,2-6,8,14H2,1H3. The molecule has 18 heavy (non-hydrogen) atoms. The third-order valence-electron chi connectivity index (χ3n) is 2.21. The summed E-state index contributed by atoms with van der Waals surface area (Å²) in [5.74, 6) is 0.701. The van der Waals surface area contributed by atoms with Crippen molar-refractivity contribution in [2.45, 2.75) is 13.0 Å². The maximum Gasteiger partial charge on any atom is 0.143 e. The van der Waals surface area contributed by atoms with E-state index >= 15 is 0 Å². The third-order valence-corrected chi connectivity index (χ3v) is 2.65. The van der Waals surface area contributed by atoms with E-state index in [4.69, 9.17) is 19.9 Å². The van der Waals surface area contributed by atoms with Crippen LogP contribution in [-0.2, 0) is 16.0 Å². The minimum Gasteiger partial charge on any atom is -0.489 e. The molecule has 2 N–H and O–H groups in total. The molecule has 102 valence electrons. The molecule has 0 unspecified atom stereocenters. The zero-order valence-electron chi connectivity index (χ0n) is 10.5. The smallest absolute Gasteiger partial charge is 0.143 e. The van der Waals surface area contributed by atoms with Crippen LogP contribution in [0.2, 0.25) is 0 Å². The van der Waals surface area contributed by atoms with E-state index in [1.165, 1.54) is 0 Å². The van der Waals surface area contributed by atoms with Crippen molar-refractivity contribution in [2.24, 2.45) is 5.73 Å². The van der Waals surface area contributed by atoms with Gasteiger partial charge >= 0.3 is 0 Å². The van der Waals surface area contributed by atoms with E-state index in [2.05, 4.69) is 20.9 Å². The highest BCUT2D eigenvalue weighted by Crippen LogP contribution is 2.20. The number of halogens is 1. The number of hydrogen-bond donors (Lipinski definition) is 1. The molecule has 0 fully saturated rings. The fraction of sp³-hybridized carbons (Fsp3) is 0.583. The number of hydrogen-bond acceptors (Lipinski definition) is 5. The first-order chi connectivity index (χ1) is 8.77. The van der Waals surface area contributed by atoms with Gasteiger partial charge in [0.1, 0.15) is 12.4 Å². The average Bonchev–Trinajstić information content (AvgIpc) is 2.38. The van der Waals surface area contributed by atoms with Crippen molar-refractivity contribution < 1.29 is 14.2 Å². The molecule has 0 aliphatic carbocycles. The third kappa shape index (κ3) is 5.77. The molecule has 0 aliphatic heterocycles. The second kappa shape index (κ2) is 9.27. The van der Waals surface area contributed by atoms with Crippen molar-refractivity contribution in [3.05, 3.63) is 22.4 Å². The zero-order valence-corrected chi connectivity index (χ0v) is 12.1. The Morgan fingerprint density at radius 1 is 1.28 bits per heavy atom. The number of nitrogens with zero attached hydrogens (tertiary/aromatic N) is 1. The van der Waals surface area contributed by atoms with Gasteiger partial charge in [-0.25, -0.2) is 0 Å². The van der Waals surface area contributed by atoms with Crippen molar-refractivity contribution in [3.8, 4) is 5.75 Å². The number of pyridine rings is 1. The molecule has 1 heterocycles. The van der Waals surface area contributed by atoms with Gasteiger partial charge in [-0.3, -0.25) is 4.98 Å². The van der Waals surface area contributed by atoms with Gasteiger partial charge < -0.3 is 19.9 Å². The van der Waals surface area contributed by atoms with E-state index in [1.54, 1.807) is 13.3 Å².